The van der Waals surface area contributed by atoms with Gasteiger partial charge in [-0.2, -0.15) is 0 Å². The van der Waals surface area contributed by atoms with Crippen LogP contribution in [0.1, 0.15) is 90.4 Å². The second-order valence-corrected chi connectivity index (χ2v) is 11.9. The molecular weight excluding hydrogens is 460 g/mol. The minimum absolute atomic E-state index is 0.0184. The zero-order valence-corrected chi connectivity index (χ0v) is 21.6. The lowest BCUT2D eigenvalue weighted by Gasteiger charge is -2.37. The second kappa shape index (κ2) is 10.3. The number of carbonyl (C=O) groups excluding carboxylic acids is 3. The summed E-state index contributed by atoms with van der Waals surface area (Å²) in [5.41, 5.74) is 4.37. The molecular formula is C28H42N2O6. The Labute approximate surface area is 213 Å². The van der Waals surface area contributed by atoms with Gasteiger partial charge in [0, 0.05) is 18.3 Å². The van der Waals surface area contributed by atoms with Crippen molar-refractivity contribution in [2.75, 3.05) is 13.2 Å². The number of fused-ring (bicyclic) bond motifs is 2. The molecule has 3 saturated carbocycles. The SMILES string of the molecule is CC(CCC1CCNC(N)C1)=C(CO)C[C@@]12O[C@]1(C(=O)OC1CCCC1)C(=O)C1CCCCC1C2=O. The van der Waals surface area contributed by atoms with Gasteiger partial charge in [-0.1, -0.05) is 18.4 Å². The number of aliphatic hydroxyl groups is 1. The molecule has 5 aliphatic rings. The zero-order valence-electron chi connectivity index (χ0n) is 21.6. The van der Waals surface area contributed by atoms with Crippen LogP contribution in [0.3, 0.4) is 0 Å². The van der Waals surface area contributed by atoms with Crippen LogP contribution in [-0.4, -0.2) is 59.3 Å². The molecule has 36 heavy (non-hydrogen) atoms. The third-order valence-corrected chi connectivity index (χ3v) is 9.63. The number of carbonyl (C=O) groups is 3. The Morgan fingerprint density at radius 3 is 2.42 bits per heavy atom. The molecule has 0 aromatic rings. The van der Waals surface area contributed by atoms with Crippen LogP contribution in [-0.2, 0) is 23.9 Å². The van der Waals surface area contributed by atoms with Gasteiger partial charge in [0.05, 0.1) is 12.8 Å². The maximum atomic E-state index is 13.9. The highest BCUT2D eigenvalue weighted by Crippen LogP contribution is 2.62. The monoisotopic (exact) mass is 502 g/mol. The molecule has 2 aliphatic heterocycles. The first-order valence-corrected chi connectivity index (χ1v) is 14.1. The van der Waals surface area contributed by atoms with Crippen LogP contribution in [0, 0.1) is 17.8 Å². The van der Waals surface area contributed by atoms with Crippen LogP contribution in [0.15, 0.2) is 11.1 Å². The highest BCUT2D eigenvalue weighted by atomic mass is 16.7. The van der Waals surface area contributed by atoms with E-state index in [0.717, 1.165) is 76.3 Å². The van der Waals surface area contributed by atoms with E-state index in [-0.39, 0.29) is 36.9 Å². The second-order valence-electron chi connectivity index (χ2n) is 11.9. The van der Waals surface area contributed by atoms with E-state index in [9.17, 15) is 19.5 Å². The van der Waals surface area contributed by atoms with Gasteiger partial charge >= 0.3 is 5.97 Å². The minimum Gasteiger partial charge on any atom is -0.460 e. The van der Waals surface area contributed by atoms with Crippen molar-refractivity contribution in [1.29, 1.82) is 0 Å². The number of hydrogen-bond acceptors (Lipinski definition) is 8. The number of nitrogens with two attached hydrogens (primary N) is 1. The number of piperidine rings is 1. The van der Waals surface area contributed by atoms with Crippen molar-refractivity contribution in [2.45, 2.75) is 114 Å². The van der Waals surface area contributed by atoms with Crippen molar-refractivity contribution in [1.82, 2.24) is 5.32 Å². The van der Waals surface area contributed by atoms with E-state index in [1.165, 1.54) is 0 Å². The number of epoxide rings is 1. The van der Waals surface area contributed by atoms with Gasteiger partial charge in [0.25, 0.3) is 5.60 Å². The summed E-state index contributed by atoms with van der Waals surface area (Å²) in [6.07, 6.45) is 10.2. The highest BCUT2D eigenvalue weighted by molar-refractivity contribution is 6.23. The number of ether oxygens (including phenoxy) is 2. The van der Waals surface area contributed by atoms with Crippen molar-refractivity contribution in [2.24, 2.45) is 23.5 Å². The van der Waals surface area contributed by atoms with Crippen LogP contribution >= 0.6 is 0 Å². The van der Waals surface area contributed by atoms with Crippen molar-refractivity contribution in [3.05, 3.63) is 11.1 Å². The summed E-state index contributed by atoms with van der Waals surface area (Å²) < 4.78 is 11.9. The van der Waals surface area contributed by atoms with Crippen molar-refractivity contribution >= 4 is 17.5 Å². The standard InChI is InChI=1S/C28H42N2O6/c1-17(10-11-18-12-13-30-23(29)14-18)19(16-31)15-27-24(32)21-8-4-5-9-22(21)25(33)28(27,36-27)26(34)35-20-6-2-3-7-20/h18,20-23,30-31H,2-16,29H2,1H3/t18?,21?,22?,23?,27-,28-/m0/s1. The molecule has 5 fully saturated rings. The number of nitrogens with one attached hydrogen (secondary N) is 1. The third kappa shape index (κ3) is 4.38. The first-order valence-electron chi connectivity index (χ1n) is 14.1. The maximum absolute atomic E-state index is 13.9. The lowest BCUT2D eigenvalue weighted by molar-refractivity contribution is -0.162. The smallest absolute Gasteiger partial charge is 0.350 e. The van der Waals surface area contributed by atoms with E-state index in [1.54, 1.807) is 0 Å². The first-order chi connectivity index (χ1) is 17.3. The number of hydrogen-bond donors (Lipinski definition) is 3. The summed E-state index contributed by atoms with van der Waals surface area (Å²) in [4.78, 5) is 41.3. The van der Waals surface area contributed by atoms with Crippen LogP contribution in [0.2, 0.25) is 0 Å². The van der Waals surface area contributed by atoms with Gasteiger partial charge in [-0.3, -0.25) is 9.59 Å². The topological polar surface area (TPSA) is 131 Å². The molecule has 8 nitrogen and oxygen atoms in total. The molecule has 2 heterocycles. The Balaban J connectivity index is 1.39. The Bertz CT molecular complexity index is 927. The maximum Gasteiger partial charge on any atom is 0.350 e. The summed E-state index contributed by atoms with van der Waals surface area (Å²) in [5.74, 6) is -1.46. The van der Waals surface area contributed by atoms with E-state index >= 15 is 0 Å². The van der Waals surface area contributed by atoms with E-state index in [2.05, 4.69) is 5.32 Å². The van der Waals surface area contributed by atoms with E-state index in [0.29, 0.717) is 24.3 Å². The molecule has 0 spiro atoms. The summed E-state index contributed by atoms with van der Waals surface area (Å²) >= 11 is 0. The first kappa shape index (κ1) is 26.0. The molecule has 0 amide bonds. The highest BCUT2D eigenvalue weighted by Gasteiger charge is 2.87. The zero-order chi connectivity index (χ0) is 25.5. The normalized spacial score (nSPS) is 39.3. The van der Waals surface area contributed by atoms with Gasteiger partial charge in [0.2, 0.25) is 0 Å². The summed E-state index contributed by atoms with van der Waals surface area (Å²) in [5, 5.41) is 13.6. The number of rotatable bonds is 8. The van der Waals surface area contributed by atoms with Gasteiger partial charge < -0.3 is 25.6 Å². The Morgan fingerprint density at radius 1 is 1.08 bits per heavy atom. The fourth-order valence-corrected chi connectivity index (χ4v) is 7.36. The van der Waals surface area contributed by atoms with E-state index in [4.69, 9.17) is 15.2 Å². The number of ketones is 2. The molecule has 2 saturated heterocycles. The molecule has 0 radical (unpaired) electrons. The Hall–Kier alpha value is -1.61. The fourth-order valence-electron chi connectivity index (χ4n) is 7.36. The summed E-state index contributed by atoms with van der Waals surface area (Å²) in [6.45, 7) is 2.65. The van der Waals surface area contributed by atoms with Crippen LogP contribution in [0.25, 0.3) is 0 Å². The quantitative estimate of drug-likeness (QED) is 0.200. The largest absolute Gasteiger partial charge is 0.460 e. The summed E-state index contributed by atoms with van der Waals surface area (Å²) in [7, 11) is 0. The molecule has 4 unspecified atom stereocenters. The molecule has 4 N–H and O–H groups in total. The Kier molecular flexibility index (Phi) is 7.42. The van der Waals surface area contributed by atoms with E-state index in [1.807, 2.05) is 6.92 Å². The summed E-state index contributed by atoms with van der Waals surface area (Å²) in [6, 6.07) is 0. The minimum atomic E-state index is -1.84. The van der Waals surface area contributed by atoms with E-state index < -0.39 is 29.0 Å². The molecule has 6 atom stereocenters. The lowest BCUT2D eigenvalue weighted by Crippen LogP contribution is -2.58. The van der Waals surface area contributed by atoms with Crippen LogP contribution in [0.5, 0.6) is 0 Å². The van der Waals surface area contributed by atoms with Crippen molar-refractivity contribution in [3.63, 3.8) is 0 Å². The van der Waals surface area contributed by atoms with Crippen molar-refractivity contribution in [3.8, 4) is 0 Å². The fraction of sp³-hybridized carbons (Fsp3) is 0.821. The predicted octanol–water partition coefficient (Wildman–Crippen LogP) is 2.70. The van der Waals surface area contributed by atoms with Gasteiger partial charge in [-0.05, 0) is 89.2 Å². The number of Topliss-reactive ketones (excluding diaryl/α,β-unsaturated/α-hetero) is 2. The molecule has 0 aromatic carbocycles. The van der Waals surface area contributed by atoms with Gasteiger partial charge in [-0.15, -0.1) is 0 Å². The number of esters is 1. The van der Waals surface area contributed by atoms with Crippen LogP contribution in [0.4, 0.5) is 0 Å². The molecule has 5 rings (SSSR count). The van der Waals surface area contributed by atoms with Crippen molar-refractivity contribution < 1.29 is 29.0 Å². The molecule has 0 bridgehead atoms. The predicted molar refractivity (Wildman–Crippen MR) is 133 cm³/mol. The molecule has 0 aromatic heterocycles. The average molecular weight is 503 g/mol. The average Bonchev–Trinajstić information content (AvgIpc) is 3.32. The van der Waals surface area contributed by atoms with Gasteiger partial charge in [-0.25, -0.2) is 4.79 Å². The molecule has 8 heteroatoms. The third-order valence-electron chi connectivity index (χ3n) is 9.63. The van der Waals surface area contributed by atoms with Crippen LogP contribution < -0.4 is 11.1 Å². The number of allylic oxidation sites excluding steroid dienone is 1. The lowest BCUT2D eigenvalue weighted by atomic mass is 9.60. The molecule has 3 aliphatic carbocycles. The van der Waals surface area contributed by atoms with Gasteiger partial charge in [0.1, 0.15) is 6.10 Å². The Morgan fingerprint density at radius 2 is 1.75 bits per heavy atom. The number of aliphatic hydroxyl groups excluding tert-OH is 1. The van der Waals surface area contributed by atoms with Gasteiger partial charge in [0.15, 0.2) is 17.2 Å². The molecule has 200 valence electrons.